The molecule has 4 aromatic rings. The number of hydrogen-bond donors (Lipinski definition) is 2. The van der Waals surface area contributed by atoms with Crippen molar-refractivity contribution in [1.82, 2.24) is 19.7 Å². The van der Waals surface area contributed by atoms with Gasteiger partial charge in [-0.1, -0.05) is 36.4 Å². The van der Waals surface area contributed by atoms with Gasteiger partial charge in [-0.2, -0.15) is 4.98 Å². The third kappa shape index (κ3) is 4.19. The molecule has 35 heavy (non-hydrogen) atoms. The summed E-state index contributed by atoms with van der Waals surface area (Å²) in [5, 5.41) is 10.9. The maximum atomic E-state index is 13.6. The van der Waals surface area contributed by atoms with Crippen LogP contribution < -0.4 is 20.1 Å². The molecule has 0 saturated carbocycles. The molecule has 5 rings (SSSR count). The monoisotopic (exact) mass is 468 g/mol. The maximum Gasteiger partial charge on any atom is 0.257 e. The fourth-order valence-corrected chi connectivity index (χ4v) is 4.12. The molecule has 0 spiro atoms. The molecule has 2 aromatic carbocycles. The molecule has 176 valence electrons. The van der Waals surface area contributed by atoms with Crippen LogP contribution in [0.5, 0.6) is 11.5 Å². The van der Waals surface area contributed by atoms with Gasteiger partial charge in [0.05, 0.1) is 19.8 Å². The van der Waals surface area contributed by atoms with E-state index in [1.54, 1.807) is 37.2 Å². The normalized spacial score (nSPS) is 14.7. The fourth-order valence-electron chi connectivity index (χ4n) is 4.12. The van der Waals surface area contributed by atoms with Crippen LogP contribution in [0.15, 0.2) is 84.2 Å². The van der Waals surface area contributed by atoms with Crippen molar-refractivity contribution >= 4 is 17.7 Å². The first-order valence-electron chi connectivity index (χ1n) is 11.0. The molecule has 2 N–H and O–H groups in total. The molecule has 3 heterocycles. The standard InChI is InChI=1S/C26H24N6O3/c1-16-22(25(33)29-21-11-7-8-14-27-21)23(19-15-18(34-2)12-13-20(19)35-3)32-26(28-16)30-24(31-32)17-9-5-4-6-10-17/h4-15,23H,1-3H3,(H,27,29,33)(H,28,30,31). The first kappa shape index (κ1) is 22.1. The highest BCUT2D eigenvalue weighted by Gasteiger charge is 2.36. The van der Waals surface area contributed by atoms with Crippen molar-refractivity contribution < 1.29 is 14.3 Å². The zero-order valence-electron chi connectivity index (χ0n) is 19.5. The van der Waals surface area contributed by atoms with Crippen LogP contribution >= 0.6 is 0 Å². The lowest BCUT2D eigenvalue weighted by Crippen LogP contribution is -2.32. The molecule has 0 aliphatic carbocycles. The number of carbonyl (C=O) groups is 1. The van der Waals surface area contributed by atoms with Crippen molar-refractivity contribution in [2.24, 2.45) is 0 Å². The Balaban J connectivity index is 1.67. The second kappa shape index (κ2) is 9.30. The first-order chi connectivity index (χ1) is 17.1. The highest BCUT2D eigenvalue weighted by atomic mass is 16.5. The minimum atomic E-state index is -0.634. The van der Waals surface area contributed by atoms with Gasteiger partial charge >= 0.3 is 0 Å². The number of rotatable bonds is 6. The molecular weight excluding hydrogens is 444 g/mol. The van der Waals surface area contributed by atoms with E-state index in [0.717, 1.165) is 5.56 Å². The lowest BCUT2D eigenvalue weighted by Gasteiger charge is -2.29. The van der Waals surface area contributed by atoms with E-state index in [1.807, 2.05) is 61.5 Å². The van der Waals surface area contributed by atoms with Crippen LogP contribution in [0, 0.1) is 0 Å². The van der Waals surface area contributed by atoms with Gasteiger partial charge in [-0.15, -0.1) is 5.10 Å². The number of fused-ring (bicyclic) bond motifs is 1. The lowest BCUT2D eigenvalue weighted by atomic mass is 9.94. The second-order valence-corrected chi connectivity index (χ2v) is 7.91. The summed E-state index contributed by atoms with van der Waals surface area (Å²) in [7, 11) is 3.19. The van der Waals surface area contributed by atoms with Gasteiger partial charge in [0, 0.05) is 23.0 Å². The van der Waals surface area contributed by atoms with Gasteiger partial charge in [-0.05, 0) is 37.3 Å². The smallest absolute Gasteiger partial charge is 0.257 e. The van der Waals surface area contributed by atoms with Gasteiger partial charge in [-0.3, -0.25) is 4.79 Å². The van der Waals surface area contributed by atoms with Crippen molar-refractivity contribution in [2.45, 2.75) is 13.0 Å². The van der Waals surface area contributed by atoms with Gasteiger partial charge in [0.1, 0.15) is 23.4 Å². The van der Waals surface area contributed by atoms with Gasteiger partial charge in [0.2, 0.25) is 5.95 Å². The Labute approximate surface area is 202 Å². The summed E-state index contributed by atoms with van der Waals surface area (Å²) in [5.74, 6) is 2.42. The molecule has 0 fully saturated rings. The molecule has 2 aromatic heterocycles. The van der Waals surface area contributed by atoms with Crippen molar-refractivity contribution in [3.63, 3.8) is 0 Å². The molecule has 1 unspecified atom stereocenters. The number of nitrogens with one attached hydrogen (secondary N) is 2. The summed E-state index contributed by atoms with van der Waals surface area (Å²) in [6.07, 6.45) is 1.63. The van der Waals surface area contributed by atoms with E-state index in [0.29, 0.717) is 45.9 Å². The number of nitrogens with zero attached hydrogens (tertiary/aromatic N) is 4. The Morgan fingerprint density at radius 3 is 2.54 bits per heavy atom. The highest BCUT2D eigenvalue weighted by molar-refractivity contribution is 6.05. The minimum Gasteiger partial charge on any atom is -0.497 e. The second-order valence-electron chi connectivity index (χ2n) is 7.91. The molecule has 9 nitrogen and oxygen atoms in total. The largest absolute Gasteiger partial charge is 0.497 e. The average molecular weight is 469 g/mol. The number of anilines is 2. The molecule has 1 atom stereocenters. The van der Waals surface area contributed by atoms with E-state index >= 15 is 0 Å². The first-order valence-corrected chi connectivity index (χ1v) is 11.0. The van der Waals surface area contributed by atoms with Gasteiger partial charge in [0.15, 0.2) is 5.82 Å². The number of pyridine rings is 1. The van der Waals surface area contributed by atoms with Gasteiger partial charge in [0.25, 0.3) is 5.91 Å². The van der Waals surface area contributed by atoms with Crippen LogP contribution in [0.2, 0.25) is 0 Å². The summed E-state index contributed by atoms with van der Waals surface area (Å²) >= 11 is 0. The number of benzene rings is 2. The summed E-state index contributed by atoms with van der Waals surface area (Å²) in [6, 6.07) is 19.9. The number of methoxy groups -OCH3 is 2. The van der Waals surface area contributed by atoms with Crippen LogP contribution in [0.4, 0.5) is 11.8 Å². The van der Waals surface area contributed by atoms with Gasteiger partial charge in [-0.25, -0.2) is 9.67 Å². The van der Waals surface area contributed by atoms with E-state index in [2.05, 4.69) is 15.6 Å². The quantitative estimate of drug-likeness (QED) is 0.435. The molecule has 0 bridgehead atoms. The Morgan fingerprint density at radius 1 is 1.03 bits per heavy atom. The number of aromatic nitrogens is 4. The van der Waals surface area contributed by atoms with Crippen LogP contribution in [-0.2, 0) is 4.79 Å². The summed E-state index contributed by atoms with van der Waals surface area (Å²) < 4.78 is 12.9. The zero-order chi connectivity index (χ0) is 24.4. The Bertz CT molecular complexity index is 1400. The highest BCUT2D eigenvalue weighted by Crippen LogP contribution is 2.41. The van der Waals surface area contributed by atoms with Crippen molar-refractivity contribution in [2.75, 3.05) is 24.9 Å². The van der Waals surface area contributed by atoms with E-state index in [-0.39, 0.29) is 5.91 Å². The summed E-state index contributed by atoms with van der Waals surface area (Å²) in [5.41, 5.74) is 2.68. The van der Waals surface area contributed by atoms with Crippen LogP contribution in [0.25, 0.3) is 11.4 Å². The maximum absolute atomic E-state index is 13.6. The Morgan fingerprint density at radius 2 is 1.83 bits per heavy atom. The van der Waals surface area contributed by atoms with E-state index < -0.39 is 6.04 Å². The average Bonchev–Trinajstić information content (AvgIpc) is 3.32. The third-order valence-corrected chi connectivity index (χ3v) is 5.77. The topological polar surface area (TPSA) is 103 Å². The molecule has 1 amide bonds. The summed E-state index contributed by atoms with van der Waals surface area (Å²) in [6.45, 7) is 1.84. The molecule has 1 aliphatic rings. The zero-order valence-corrected chi connectivity index (χ0v) is 19.5. The molecule has 0 radical (unpaired) electrons. The molecule has 0 saturated heterocycles. The number of ether oxygens (including phenoxy) is 2. The van der Waals surface area contributed by atoms with Crippen LogP contribution in [-0.4, -0.2) is 39.9 Å². The SMILES string of the molecule is COc1ccc(OC)c(C2C(C(=O)Nc3ccccn3)=C(C)Nc3nc(-c4ccccc4)nn32)c1. The van der Waals surface area contributed by atoms with E-state index in [4.69, 9.17) is 19.6 Å². The van der Waals surface area contributed by atoms with E-state index in [1.165, 1.54) is 0 Å². The predicted molar refractivity (Wildman–Crippen MR) is 132 cm³/mol. The predicted octanol–water partition coefficient (Wildman–Crippen LogP) is 4.28. The third-order valence-electron chi connectivity index (χ3n) is 5.77. The van der Waals surface area contributed by atoms with Gasteiger partial charge < -0.3 is 20.1 Å². The van der Waals surface area contributed by atoms with Crippen molar-refractivity contribution in [3.05, 3.63) is 89.8 Å². The number of hydrogen-bond acceptors (Lipinski definition) is 7. The Kier molecular flexibility index (Phi) is 5.88. The van der Waals surface area contributed by atoms with Crippen LogP contribution in [0.1, 0.15) is 18.5 Å². The lowest BCUT2D eigenvalue weighted by molar-refractivity contribution is -0.113. The van der Waals surface area contributed by atoms with Crippen molar-refractivity contribution in [1.29, 1.82) is 0 Å². The fraction of sp³-hybridized carbons (Fsp3) is 0.154. The van der Waals surface area contributed by atoms with E-state index in [9.17, 15) is 4.79 Å². The molecule has 1 aliphatic heterocycles. The number of allylic oxidation sites excluding steroid dienone is 1. The van der Waals surface area contributed by atoms with Crippen LogP contribution in [0.3, 0.4) is 0 Å². The minimum absolute atomic E-state index is 0.314. The molecular formula is C26H24N6O3. The molecule has 9 heteroatoms. The Hall–Kier alpha value is -4.66. The van der Waals surface area contributed by atoms with Crippen molar-refractivity contribution in [3.8, 4) is 22.9 Å². The summed E-state index contributed by atoms with van der Waals surface area (Å²) in [4.78, 5) is 22.6. The number of amides is 1. The number of carbonyl (C=O) groups excluding carboxylic acids is 1.